The third-order valence-corrected chi connectivity index (χ3v) is 3.21. The van der Waals surface area contributed by atoms with Crippen LogP contribution in [0.5, 0.6) is 5.75 Å². The van der Waals surface area contributed by atoms with E-state index < -0.39 is 0 Å². The number of methoxy groups -OCH3 is 1. The zero-order chi connectivity index (χ0) is 10.7. The van der Waals surface area contributed by atoms with Gasteiger partial charge in [-0.1, -0.05) is 25.1 Å². The van der Waals surface area contributed by atoms with E-state index in [1.165, 1.54) is 18.4 Å². The summed E-state index contributed by atoms with van der Waals surface area (Å²) in [5.41, 5.74) is 1.37. The molecule has 1 aromatic rings. The summed E-state index contributed by atoms with van der Waals surface area (Å²) < 4.78 is 5.38. The molecule has 0 spiro atoms. The van der Waals surface area contributed by atoms with E-state index in [-0.39, 0.29) is 0 Å². The Morgan fingerprint density at radius 3 is 2.73 bits per heavy atom. The molecule has 0 radical (unpaired) electrons. The third-order valence-electron chi connectivity index (χ3n) is 3.21. The second-order valence-corrected chi connectivity index (χ2v) is 4.16. The zero-order valence-corrected chi connectivity index (χ0v) is 9.49. The number of ether oxygens (including phenoxy) is 1. The second-order valence-electron chi connectivity index (χ2n) is 4.16. The summed E-state index contributed by atoms with van der Waals surface area (Å²) in [5, 5.41) is 3.48. The number of benzene rings is 1. The van der Waals surface area contributed by atoms with Gasteiger partial charge in [0.1, 0.15) is 5.75 Å². The van der Waals surface area contributed by atoms with Crippen LogP contribution in [-0.2, 0) is 0 Å². The Balaban J connectivity index is 2.00. The molecule has 1 aliphatic rings. The highest BCUT2D eigenvalue weighted by atomic mass is 16.5. The summed E-state index contributed by atoms with van der Waals surface area (Å²) in [6.45, 7) is 3.24. The van der Waals surface area contributed by atoms with Gasteiger partial charge in [-0.25, -0.2) is 0 Å². The smallest absolute Gasteiger partial charge is 0.122 e. The van der Waals surface area contributed by atoms with Gasteiger partial charge in [-0.15, -0.1) is 0 Å². The normalized spacial score (nSPS) is 24.7. The van der Waals surface area contributed by atoms with Crippen LogP contribution in [0, 0.1) is 0 Å². The van der Waals surface area contributed by atoms with Crippen molar-refractivity contribution in [1.29, 1.82) is 0 Å². The lowest BCUT2D eigenvalue weighted by Gasteiger charge is -2.36. The molecule has 0 heterocycles. The first-order valence-electron chi connectivity index (χ1n) is 5.71. The molecule has 2 nitrogen and oxygen atoms in total. The fourth-order valence-electron chi connectivity index (χ4n) is 2.33. The van der Waals surface area contributed by atoms with Gasteiger partial charge in [0, 0.05) is 6.04 Å². The minimum absolute atomic E-state index is 0.685. The van der Waals surface area contributed by atoms with Gasteiger partial charge in [0.25, 0.3) is 0 Å². The quantitative estimate of drug-likeness (QED) is 0.815. The molecule has 82 valence electrons. The van der Waals surface area contributed by atoms with Gasteiger partial charge in [-0.2, -0.15) is 0 Å². The van der Waals surface area contributed by atoms with Crippen LogP contribution in [0.3, 0.4) is 0 Å². The van der Waals surface area contributed by atoms with E-state index in [0.29, 0.717) is 12.0 Å². The molecule has 0 saturated heterocycles. The van der Waals surface area contributed by atoms with E-state index in [1.807, 2.05) is 6.07 Å². The molecule has 1 saturated carbocycles. The Morgan fingerprint density at radius 1 is 1.33 bits per heavy atom. The van der Waals surface area contributed by atoms with Crippen LogP contribution < -0.4 is 10.1 Å². The monoisotopic (exact) mass is 205 g/mol. The van der Waals surface area contributed by atoms with E-state index in [2.05, 4.69) is 30.4 Å². The fourth-order valence-corrected chi connectivity index (χ4v) is 2.33. The molecule has 1 N–H and O–H groups in total. The van der Waals surface area contributed by atoms with Crippen LogP contribution >= 0.6 is 0 Å². The van der Waals surface area contributed by atoms with Gasteiger partial charge < -0.3 is 10.1 Å². The third kappa shape index (κ3) is 2.15. The average Bonchev–Trinajstić information content (AvgIpc) is 2.23. The van der Waals surface area contributed by atoms with Crippen molar-refractivity contribution in [2.45, 2.75) is 31.7 Å². The minimum Gasteiger partial charge on any atom is -0.496 e. The van der Waals surface area contributed by atoms with Gasteiger partial charge in [0.15, 0.2) is 0 Å². The molecule has 0 aliphatic heterocycles. The molecule has 2 rings (SSSR count). The zero-order valence-electron chi connectivity index (χ0n) is 9.49. The van der Waals surface area contributed by atoms with Crippen LogP contribution in [0.1, 0.15) is 31.2 Å². The molecular formula is C13H19NO. The number of hydrogen-bond acceptors (Lipinski definition) is 2. The number of para-hydroxylation sites is 1. The van der Waals surface area contributed by atoms with Crippen LogP contribution in [0.25, 0.3) is 0 Å². The molecule has 0 aromatic heterocycles. The van der Waals surface area contributed by atoms with Crippen LogP contribution in [0.4, 0.5) is 0 Å². The van der Waals surface area contributed by atoms with Gasteiger partial charge in [0.2, 0.25) is 0 Å². The van der Waals surface area contributed by atoms with Crippen molar-refractivity contribution in [3.63, 3.8) is 0 Å². The first-order valence-corrected chi connectivity index (χ1v) is 5.71. The molecule has 2 heteroatoms. The van der Waals surface area contributed by atoms with Crippen molar-refractivity contribution in [1.82, 2.24) is 5.32 Å². The Labute approximate surface area is 91.6 Å². The summed E-state index contributed by atoms with van der Waals surface area (Å²) in [6.07, 6.45) is 2.49. The lowest BCUT2D eigenvalue weighted by molar-refractivity contribution is 0.287. The Bertz CT molecular complexity index is 318. The average molecular weight is 205 g/mol. The predicted molar refractivity (Wildman–Crippen MR) is 62.4 cm³/mol. The second kappa shape index (κ2) is 4.67. The van der Waals surface area contributed by atoms with E-state index in [0.717, 1.165) is 12.3 Å². The molecule has 0 unspecified atom stereocenters. The van der Waals surface area contributed by atoms with Crippen molar-refractivity contribution in [3.8, 4) is 5.75 Å². The molecule has 0 atom stereocenters. The molecule has 15 heavy (non-hydrogen) atoms. The molecular weight excluding hydrogens is 186 g/mol. The lowest BCUT2D eigenvalue weighted by Crippen LogP contribution is -2.39. The summed E-state index contributed by atoms with van der Waals surface area (Å²) in [7, 11) is 1.75. The van der Waals surface area contributed by atoms with Gasteiger partial charge >= 0.3 is 0 Å². The summed E-state index contributed by atoms with van der Waals surface area (Å²) in [6, 6.07) is 9.08. The van der Waals surface area contributed by atoms with Crippen molar-refractivity contribution in [3.05, 3.63) is 29.8 Å². The maximum atomic E-state index is 5.38. The van der Waals surface area contributed by atoms with Crippen molar-refractivity contribution in [2.75, 3.05) is 13.7 Å². The van der Waals surface area contributed by atoms with Gasteiger partial charge in [-0.05, 0) is 36.9 Å². The Morgan fingerprint density at radius 2 is 2.07 bits per heavy atom. The van der Waals surface area contributed by atoms with Crippen LogP contribution in [-0.4, -0.2) is 19.7 Å². The molecule has 0 amide bonds. The maximum absolute atomic E-state index is 5.38. The standard InChI is InChI=1S/C13H19NO/c1-3-14-11-8-10(9-11)12-6-4-5-7-13(12)15-2/h4-7,10-11,14H,3,8-9H2,1-2H3. The Kier molecular flexibility index (Phi) is 3.27. The highest BCUT2D eigenvalue weighted by molar-refractivity contribution is 5.37. The van der Waals surface area contributed by atoms with Crippen molar-refractivity contribution in [2.24, 2.45) is 0 Å². The first kappa shape index (κ1) is 10.5. The van der Waals surface area contributed by atoms with Crippen LogP contribution in [0.2, 0.25) is 0 Å². The Hall–Kier alpha value is -1.02. The maximum Gasteiger partial charge on any atom is 0.122 e. The largest absolute Gasteiger partial charge is 0.496 e. The predicted octanol–water partition coefficient (Wildman–Crippen LogP) is 2.55. The molecule has 1 aromatic carbocycles. The summed E-state index contributed by atoms with van der Waals surface area (Å²) in [5.74, 6) is 1.72. The van der Waals surface area contributed by atoms with E-state index in [9.17, 15) is 0 Å². The summed E-state index contributed by atoms with van der Waals surface area (Å²) in [4.78, 5) is 0. The molecule has 0 bridgehead atoms. The fraction of sp³-hybridized carbons (Fsp3) is 0.538. The van der Waals surface area contributed by atoms with Crippen molar-refractivity contribution >= 4 is 0 Å². The highest BCUT2D eigenvalue weighted by Crippen LogP contribution is 2.40. The van der Waals surface area contributed by atoms with Gasteiger partial charge in [-0.3, -0.25) is 0 Å². The lowest BCUT2D eigenvalue weighted by atomic mass is 9.75. The number of hydrogen-bond donors (Lipinski definition) is 1. The number of nitrogens with one attached hydrogen (secondary N) is 1. The van der Waals surface area contributed by atoms with Crippen LogP contribution in [0.15, 0.2) is 24.3 Å². The topological polar surface area (TPSA) is 21.3 Å². The van der Waals surface area contributed by atoms with Crippen molar-refractivity contribution < 1.29 is 4.74 Å². The summed E-state index contributed by atoms with van der Waals surface area (Å²) >= 11 is 0. The number of rotatable bonds is 4. The minimum atomic E-state index is 0.685. The molecule has 1 aliphatic carbocycles. The van der Waals surface area contributed by atoms with Gasteiger partial charge in [0.05, 0.1) is 7.11 Å². The first-order chi connectivity index (χ1) is 7.35. The van der Waals surface area contributed by atoms with E-state index in [1.54, 1.807) is 7.11 Å². The SMILES string of the molecule is CCNC1CC(c2ccccc2OC)C1. The van der Waals surface area contributed by atoms with E-state index >= 15 is 0 Å². The molecule has 1 fully saturated rings. The van der Waals surface area contributed by atoms with E-state index in [4.69, 9.17) is 4.74 Å². The highest BCUT2D eigenvalue weighted by Gasteiger charge is 2.31.